The van der Waals surface area contributed by atoms with Gasteiger partial charge in [0.2, 0.25) is 0 Å². The van der Waals surface area contributed by atoms with Gasteiger partial charge in [-0.1, -0.05) is 0 Å². The molecule has 0 spiro atoms. The van der Waals surface area contributed by atoms with Crippen LogP contribution in [0.2, 0.25) is 0 Å². The van der Waals surface area contributed by atoms with Crippen LogP contribution in [0, 0.1) is 6.92 Å². The quantitative estimate of drug-likeness (QED) is 0.828. The smallest absolute Gasteiger partial charge is 0.272 e. The normalized spacial score (nSPS) is 21.4. The third-order valence-electron chi connectivity index (χ3n) is 5.89. The van der Waals surface area contributed by atoms with Gasteiger partial charge in [0.25, 0.3) is 5.91 Å². The summed E-state index contributed by atoms with van der Waals surface area (Å²) in [7, 11) is 2.02. The van der Waals surface area contributed by atoms with Gasteiger partial charge in [0.15, 0.2) is 0 Å². The number of aromatic nitrogens is 4. The number of carbonyl (C=O) groups is 1. The number of hydrogen-bond acceptors (Lipinski definition) is 4. The van der Waals surface area contributed by atoms with Crippen LogP contribution in [0.4, 0.5) is 0 Å². The van der Waals surface area contributed by atoms with E-state index in [9.17, 15) is 4.79 Å². The summed E-state index contributed by atoms with van der Waals surface area (Å²) in [6.07, 6.45) is 3.28. The van der Waals surface area contributed by atoms with E-state index in [1.54, 1.807) is 0 Å². The first-order valence-corrected chi connectivity index (χ1v) is 10.1. The standard InChI is InChI=1S/C20H30N6O/c1-4-25-9-6-10-26-19(20(25)27)12-18(22-26)16-7-5-8-24(13-16)14-17-11-15(2)21-23(17)3/h11-12,16H,4-10,13-14H2,1-3H3. The second kappa shape index (κ2) is 7.46. The maximum absolute atomic E-state index is 12.8. The predicted molar refractivity (Wildman–Crippen MR) is 104 cm³/mol. The fourth-order valence-corrected chi connectivity index (χ4v) is 4.44. The molecule has 2 aliphatic heterocycles. The van der Waals surface area contributed by atoms with E-state index in [4.69, 9.17) is 5.10 Å². The fraction of sp³-hybridized carbons (Fsp3) is 0.650. The number of hydrogen-bond donors (Lipinski definition) is 0. The summed E-state index contributed by atoms with van der Waals surface area (Å²) in [4.78, 5) is 17.2. The molecule has 7 nitrogen and oxygen atoms in total. The Morgan fingerprint density at radius 2 is 2.00 bits per heavy atom. The lowest BCUT2D eigenvalue weighted by Gasteiger charge is -2.31. The topological polar surface area (TPSA) is 59.2 Å². The Kier molecular flexibility index (Phi) is 5.04. The Bertz CT molecular complexity index is 823. The SMILES string of the molecule is CCN1CCCn2nc(C3CCCN(Cc4cc(C)nn4C)C3)cc2C1=O. The fourth-order valence-electron chi connectivity index (χ4n) is 4.44. The molecule has 1 unspecified atom stereocenters. The van der Waals surface area contributed by atoms with Crippen LogP contribution in [0.1, 0.15) is 59.7 Å². The van der Waals surface area contributed by atoms with Crippen molar-refractivity contribution in [2.24, 2.45) is 7.05 Å². The molecule has 0 bridgehead atoms. The van der Waals surface area contributed by atoms with Gasteiger partial charge in [0.05, 0.1) is 17.1 Å². The zero-order valence-corrected chi connectivity index (χ0v) is 16.7. The van der Waals surface area contributed by atoms with E-state index in [2.05, 4.69) is 22.1 Å². The number of carbonyl (C=O) groups excluding carboxylic acids is 1. The Morgan fingerprint density at radius 3 is 2.74 bits per heavy atom. The molecule has 1 saturated heterocycles. The molecule has 146 valence electrons. The molecule has 0 aliphatic carbocycles. The van der Waals surface area contributed by atoms with Crippen LogP contribution in [0.15, 0.2) is 12.1 Å². The van der Waals surface area contributed by atoms with Crippen molar-refractivity contribution in [3.05, 3.63) is 34.9 Å². The molecule has 0 saturated carbocycles. The molecular formula is C20H30N6O. The minimum Gasteiger partial charge on any atom is -0.338 e. The highest BCUT2D eigenvalue weighted by molar-refractivity contribution is 5.93. The van der Waals surface area contributed by atoms with Crippen LogP contribution in [-0.4, -0.2) is 61.4 Å². The molecule has 1 amide bonds. The molecule has 27 heavy (non-hydrogen) atoms. The molecule has 2 aliphatic rings. The van der Waals surface area contributed by atoms with Gasteiger partial charge >= 0.3 is 0 Å². The summed E-state index contributed by atoms with van der Waals surface area (Å²) in [5.41, 5.74) is 4.17. The average molecular weight is 371 g/mol. The molecule has 2 aromatic rings. The summed E-state index contributed by atoms with van der Waals surface area (Å²) in [5.74, 6) is 0.530. The highest BCUT2D eigenvalue weighted by Gasteiger charge is 2.28. The highest BCUT2D eigenvalue weighted by Crippen LogP contribution is 2.28. The van der Waals surface area contributed by atoms with E-state index in [0.29, 0.717) is 5.92 Å². The lowest BCUT2D eigenvalue weighted by atomic mass is 9.94. The third-order valence-corrected chi connectivity index (χ3v) is 5.89. The van der Waals surface area contributed by atoms with Crippen LogP contribution >= 0.6 is 0 Å². The molecule has 0 aromatic carbocycles. The van der Waals surface area contributed by atoms with Crippen LogP contribution in [0.3, 0.4) is 0 Å². The number of nitrogens with zero attached hydrogens (tertiary/aromatic N) is 6. The summed E-state index contributed by atoms with van der Waals surface area (Å²) < 4.78 is 3.92. The zero-order chi connectivity index (χ0) is 19.0. The van der Waals surface area contributed by atoms with Crippen molar-refractivity contribution in [2.45, 2.75) is 52.1 Å². The van der Waals surface area contributed by atoms with Gasteiger partial charge in [0.1, 0.15) is 5.69 Å². The minimum atomic E-state index is 0.131. The number of amides is 1. The lowest BCUT2D eigenvalue weighted by molar-refractivity contribution is 0.0766. The number of rotatable bonds is 4. The largest absolute Gasteiger partial charge is 0.338 e. The van der Waals surface area contributed by atoms with Crippen molar-refractivity contribution < 1.29 is 4.79 Å². The molecule has 0 radical (unpaired) electrons. The van der Waals surface area contributed by atoms with Crippen molar-refractivity contribution in [1.29, 1.82) is 0 Å². The first-order chi connectivity index (χ1) is 13.0. The van der Waals surface area contributed by atoms with Gasteiger partial charge in [-0.3, -0.25) is 19.1 Å². The summed E-state index contributed by atoms with van der Waals surface area (Å²) in [5, 5.41) is 9.30. The Labute approximate surface area is 160 Å². The molecule has 4 rings (SSSR count). The van der Waals surface area contributed by atoms with E-state index in [1.807, 2.05) is 35.2 Å². The van der Waals surface area contributed by atoms with E-state index >= 15 is 0 Å². The van der Waals surface area contributed by atoms with Crippen LogP contribution < -0.4 is 0 Å². The van der Waals surface area contributed by atoms with Gasteiger partial charge < -0.3 is 4.90 Å². The Morgan fingerprint density at radius 1 is 1.15 bits per heavy atom. The first-order valence-electron chi connectivity index (χ1n) is 10.1. The maximum Gasteiger partial charge on any atom is 0.272 e. The van der Waals surface area contributed by atoms with Crippen molar-refractivity contribution >= 4 is 5.91 Å². The van der Waals surface area contributed by atoms with Crippen molar-refractivity contribution in [3.63, 3.8) is 0 Å². The van der Waals surface area contributed by atoms with Gasteiger partial charge in [-0.2, -0.15) is 10.2 Å². The number of aryl methyl sites for hydroxylation is 3. The monoisotopic (exact) mass is 370 g/mol. The second-order valence-electron chi connectivity index (χ2n) is 7.89. The zero-order valence-electron chi connectivity index (χ0n) is 16.7. The van der Waals surface area contributed by atoms with Crippen molar-refractivity contribution in [3.8, 4) is 0 Å². The van der Waals surface area contributed by atoms with Crippen LogP contribution in [0.5, 0.6) is 0 Å². The molecule has 7 heteroatoms. The van der Waals surface area contributed by atoms with Crippen LogP contribution in [0.25, 0.3) is 0 Å². The maximum atomic E-state index is 12.8. The molecule has 2 aromatic heterocycles. The molecular weight excluding hydrogens is 340 g/mol. The lowest BCUT2D eigenvalue weighted by Crippen LogP contribution is -2.34. The summed E-state index contributed by atoms with van der Waals surface area (Å²) >= 11 is 0. The summed E-state index contributed by atoms with van der Waals surface area (Å²) in [6.45, 7) is 9.53. The van der Waals surface area contributed by atoms with E-state index in [0.717, 1.165) is 69.2 Å². The molecule has 0 N–H and O–H groups in total. The Hall–Kier alpha value is -2.15. The average Bonchev–Trinajstić information content (AvgIpc) is 3.17. The molecule has 1 fully saturated rings. The van der Waals surface area contributed by atoms with Gasteiger partial charge in [-0.25, -0.2) is 0 Å². The highest BCUT2D eigenvalue weighted by atomic mass is 16.2. The van der Waals surface area contributed by atoms with Crippen LogP contribution in [-0.2, 0) is 20.1 Å². The number of fused-ring (bicyclic) bond motifs is 1. The molecule has 4 heterocycles. The third kappa shape index (κ3) is 3.65. The first kappa shape index (κ1) is 18.2. The van der Waals surface area contributed by atoms with E-state index < -0.39 is 0 Å². The second-order valence-corrected chi connectivity index (χ2v) is 7.89. The summed E-state index contributed by atoms with van der Waals surface area (Å²) in [6, 6.07) is 4.22. The van der Waals surface area contributed by atoms with E-state index in [1.165, 1.54) is 12.1 Å². The van der Waals surface area contributed by atoms with Gasteiger partial charge in [0, 0.05) is 45.7 Å². The Balaban J connectivity index is 1.50. The minimum absolute atomic E-state index is 0.131. The van der Waals surface area contributed by atoms with Gasteiger partial charge in [-0.15, -0.1) is 0 Å². The van der Waals surface area contributed by atoms with Crippen molar-refractivity contribution in [2.75, 3.05) is 26.2 Å². The number of likely N-dealkylation sites (tertiary alicyclic amines) is 1. The molecule has 1 atom stereocenters. The van der Waals surface area contributed by atoms with E-state index in [-0.39, 0.29) is 5.91 Å². The van der Waals surface area contributed by atoms with Gasteiger partial charge in [-0.05, 0) is 51.8 Å². The predicted octanol–water partition coefficient (Wildman–Crippen LogP) is 2.17. The van der Waals surface area contributed by atoms with Crippen molar-refractivity contribution in [1.82, 2.24) is 29.4 Å². The number of piperidine rings is 1.